The Bertz CT molecular complexity index is 560. The molecule has 0 bridgehead atoms. The lowest BCUT2D eigenvalue weighted by atomic mass is 9.98. The van der Waals surface area contributed by atoms with Crippen LogP contribution in [0, 0.1) is 0 Å². The third-order valence-electron chi connectivity index (χ3n) is 3.87. The molecular weight excluding hydrogens is 310 g/mol. The van der Waals surface area contributed by atoms with Crippen molar-refractivity contribution < 1.29 is 24.2 Å². The molecule has 0 spiro atoms. The number of carbonyl (C=O) groups excluding carboxylic acids is 1. The number of amides is 1. The number of methoxy groups -OCH3 is 1. The molecule has 0 aliphatic heterocycles. The van der Waals surface area contributed by atoms with Crippen LogP contribution in [-0.4, -0.2) is 42.8 Å². The highest BCUT2D eigenvalue weighted by molar-refractivity contribution is 5.79. The molecule has 2 atom stereocenters. The Hall–Kier alpha value is -2.08. The van der Waals surface area contributed by atoms with Crippen LogP contribution in [0.1, 0.15) is 45.1 Å². The van der Waals surface area contributed by atoms with Gasteiger partial charge in [0.2, 0.25) is 0 Å². The molecule has 0 radical (unpaired) electrons. The van der Waals surface area contributed by atoms with Crippen LogP contribution in [0.4, 0.5) is 0 Å². The molecule has 0 saturated carbocycles. The van der Waals surface area contributed by atoms with Crippen molar-refractivity contribution in [2.24, 2.45) is 0 Å². The van der Waals surface area contributed by atoms with Gasteiger partial charge in [0.05, 0.1) is 18.6 Å². The van der Waals surface area contributed by atoms with Crippen molar-refractivity contribution >= 4 is 11.9 Å². The Kier molecular flexibility index (Phi) is 7.71. The van der Waals surface area contributed by atoms with Crippen LogP contribution < -0.4 is 10.1 Å². The van der Waals surface area contributed by atoms with E-state index in [1.54, 1.807) is 6.92 Å². The summed E-state index contributed by atoms with van der Waals surface area (Å²) in [5.41, 5.74) is 0.0787. The van der Waals surface area contributed by atoms with Crippen LogP contribution in [0.5, 0.6) is 5.75 Å². The molecule has 0 aliphatic carbocycles. The van der Waals surface area contributed by atoms with Gasteiger partial charge in [-0.1, -0.05) is 32.0 Å². The molecule has 1 amide bonds. The molecule has 0 fully saturated rings. The summed E-state index contributed by atoms with van der Waals surface area (Å²) in [5, 5.41) is 11.7. The standard InChI is InChI=1S/C18H27NO5/c1-5-13(2)14-8-6-7-9-15(14)24-11-16(20)19-18(3,12-23-4)10-17(21)22/h6-9,13H,5,10-12H2,1-4H3,(H,19,20)(H,21,22). The Morgan fingerprint density at radius 3 is 2.58 bits per heavy atom. The normalized spacial score (nSPS) is 14.5. The monoisotopic (exact) mass is 337 g/mol. The van der Waals surface area contributed by atoms with Crippen molar-refractivity contribution in [2.45, 2.75) is 45.1 Å². The van der Waals surface area contributed by atoms with Gasteiger partial charge in [-0.25, -0.2) is 0 Å². The highest BCUT2D eigenvalue weighted by atomic mass is 16.5. The van der Waals surface area contributed by atoms with Crippen molar-refractivity contribution in [1.82, 2.24) is 5.32 Å². The molecule has 6 heteroatoms. The lowest BCUT2D eigenvalue weighted by Crippen LogP contribution is -2.52. The second kappa shape index (κ2) is 9.27. The van der Waals surface area contributed by atoms with E-state index in [0.29, 0.717) is 11.7 Å². The minimum atomic E-state index is -1.00. The number of hydrogen-bond acceptors (Lipinski definition) is 4. The van der Waals surface area contributed by atoms with E-state index in [-0.39, 0.29) is 25.5 Å². The van der Waals surface area contributed by atoms with Crippen LogP contribution in [-0.2, 0) is 14.3 Å². The number of aliphatic carboxylic acids is 1. The topological polar surface area (TPSA) is 84.9 Å². The summed E-state index contributed by atoms with van der Waals surface area (Å²) < 4.78 is 10.7. The zero-order chi connectivity index (χ0) is 18.2. The van der Waals surface area contributed by atoms with Crippen LogP contribution >= 0.6 is 0 Å². The zero-order valence-corrected chi connectivity index (χ0v) is 14.8. The Morgan fingerprint density at radius 1 is 1.33 bits per heavy atom. The van der Waals surface area contributed by atoms with Crippen molar-refractivity contribution in [1.29, 1.82) is 0 Å². The van der Waals surface area contributed by atoms with Gasteiger partial charge in [0.15, 0.2) is 6.61 Å². The third kappa shape index (κ3) is 6.20. The molecule has 2 unspecified atom stereocenters. The smallest absolute Gasteiger partial charge is 0.305 e. The molecule has 2 N–H and O–H groups in total. The zero-order valence-electron chi connectivity index (χ0n) is 14.8. The van der Waals surface area contributed by atoms with Gasteiger partial charge in [-0.15, -0.1) is 0 Å². The average molecular weight is 337 g/mol. The van der Waals surface area contributed by atoms with Crippen LogP contribution in [0.2, 0.25) is 0 Å². The minimum absolute atomic E-state index is 0.106. The number of carboxylic acids is 1. The van der Waals surface area contributed by atoms with E-state index in [9.17, 15) is 9.59 Å². The molecule has 134 valence electrons. The fourth-order valence-electron chi connectivity index (χ4n) is 2.54. The van der Waals surface area contributed by atoms with Crippen LogP contribution in [0.15, 0.2) is 24.3 Å². The maximum Gasteiger partial charge on any atom is 0.305 e. The van der Waals surface area contributed by atoms with E-state index in [1.165, 1.54) is 7.11 Å². The van der Waals surface area contributed by atoms with E-state index in [2.05, 4.69) is 19.2 Å². The van der Waals surface area contributed by atoms with Gasteiger partial charge < -0.3 is 19.9 Å². The van der Waals surface area contributed by atoms with Gasteiger partial charge in [0, 0.05) is 7.11 Å². The third-order valence-corrected chi connectivity index (χ3v) is 3.87. The lowest BCUT2D eigenvalue weighted by Gasteiger charge is -2.28. The van der Waals surface area contributed by atoms with Gasteiger partial charge in [0.25, 0.3) is 5.91 Å². The molecule has 24 heavy (non-hydrogen) atoms. The minimum Gasteiger partial charge on any atom is -0.483 e. The molecule has 6 nitrogen and oxygen atoms in total. The van der Waals surface area contributed by atoms with E-state index in [0.717, 1.165) is 12.0 Å². The van der Waals surface area contributed by atoms with Crippen LogP contribution in [0.25, 0.3) is 0 Å². The summed E-state index contributed by atoms with van der Waals surface area (Å²) in [6.07, 6.45) is 0.743. The first-order valence-corrected chi connectivity index (χ1v) is 8.04. The quantitative estimate of drug-likeness (QED) is 0.685. The predicted octanol–water partition coefficient (Wildman–Crippen LogP) is 2.57. The maximum absolute atomic E-state index is 12.2. The maximum atomic E-state index is 12.2. The van der Waals surface area contributed by atoms with E-state index in [4.69, 9.17) is 14.6 Å². The second-order valence-electron chi connectivity index (χ2n) is 6.25. The SMILES string of the molecule is CCC(C)c1ccccc1OCC(=O)NC(C)(COC)CC(=O)O. The van der Waals surface area contributed by atoms with E-state index < -0.39 is 11.5 Å². The molecule has 0 heterocycles. The number of ether oxygens (including phenoxy) is 2. The average Bonchev–Trinajstić information content (AvgIpc) is 2.51. The van der Waals surface area contributed by atoms with E-state index in [1.807, 2.05) is 24.3 Å². The highest BCUT2D eigenvalue weighted by Crippen LogP contribution is 2.28. The molecule has 0 saturated heterocycles. The van der Waals surface area contributed by atoms with Crippen molar-refractivity contribution in [3.63, 3.8) is 0 Å². The van der Waals surface area contributed by atoms with Crippen molar-refractivity contribution in [3.8, 4) is 5.75 Å². The molecule has 1 aromatic carbocycles. The van der Waals surface area contributed by atoms with Gasteiger partial charge in [0.1, 0.15) is 5.75 Å². The molecular formula is C18H27NO5. The molecule has 0 aliphatic rings. The molecule has 1 rings (SSSR count). The second-order valence-corrected chi connectivity index (χ2v) is 6.25. The van der Waals surface area contributed by atoms with Crippen LogP contribution in [0.3, 0.4) is 0 Å². The highest BCUT2D eigenvalue weighted by Gasteiger charge is 2.29. The summed E-state index contributed by atoms with van der Waals surface area (Å²) in [6.45, 7) is 5.76. The van der Waals surface area contributed by atoms with Gasteiger partial charge in [-0.05, 0) is 30.9 Å². The number of benzene rings is 1. The fraction of sp³-hybridized carbons (Fsp3) is 0.556. The lowest BCUT2D eigenvalue weighted by molar-refractivity contribution is -0.139. The first-order valence-electron chi connectivity index (χ1n) is 8.04. The van der Waals surface area contributed by atoms with Crippen molar-refractivity contribution in [3.05, 3.63) is 29.8 Å². The number of nitrogens with one attached hydrogen (secondary N) is 1. The Morgan fingerprint density at radius 2 is 2.00 bits per heavy atom. The predicted molar refractivity (Wildman–Crippen MR) is 91.3 cm³/mol. The number of para-hydroxylation sites is 1. The summed E-state index contributed by atoms with van der Waals surface area (Å²) in [5.74, 6) is -0.378. The number of carbonyl (C=O) groups is 2. The molecule has 1 aromatic rings. The van der Waals surface area contributed by atoms with Crippen molar-refractivity contribution in [2.75, 3.05) is 20.3 Å². The first-order chi connectivity index (χ1) is 11.3. The first kappa shape index (κ1) is 20.0. The molecule has 0 aromatic heterocycles. The Balaban J connectivity index is 2.70. The fourth-order valence-corrected chi connectivity index (χ4v) is 2.54. The number of hydrogen-bond donors (Lipinski definition) is 2. The summed E-state index contributed by atoms with van der Waals surface area (Å²) >= 11 is 0. The Labute approximate surface area is 143 Å². The van der Waals surface area contributed by atoms with Gasteiger partial charge in [-0.2, -0.15) is 0 Å². The van der Waals surface area contributed by atoms with Gasteiger partial charge in [-0.3, -0.25) is 9.59 Å². The van der Waals surface area contributed by atoms with E-state index >= 15 is 0 Å². The summed E-state index contributed by atoms with van der Waals surface area (Å²) in [4.78, 5) is 23.1. The number of carboxylic acid groups (broad SMARTS) is 1. The largest absolute Gasteiger partial charge is 0.483 e. The summed E-state index contributed by atoms with van der Waals surface area (Å²) in [7, 11) is 1.46. The van der Waals surface area contributed by atoms with Gasteiger partial charge >= 0.3 is 5.97 Å². The number of rotatable bonds is 10. The summed E-state index contributed by atoms with van der Waals surface area (Å²) in [6, 6.07) is 7.62.